The number of fused-ring (bicyclic) bond motifs is 2. The highest BCUT2D eigenvalue weighted by Gasteiger charge is 2.59. The first kappa shape index (κ1) is 28.5. The molecule has 1 saturated heterocycles. The molecule has 0 bridgehead atoms. The van der Waals surface area contributed by atoms with Gasteiger partial charge in [0.2, 0.25) is 0 Å². The van der Waals surface area contributed by atoms with Gasteiger partial charge in [-0.3, -0.25) is 5.26 Å². The normalized spacial score (nSPS) is 50.6. The van der Waals surface area contributed by atoms with E-state index in [1.807, 2.05) is 27.7 Å². The largest absolute Gasteiger partial charge is 0.390 e. The molecule has 10 unspecified atom stereocenters. The minimum Gasteiger partial charge on any atom is -0.390 e. The lowest BCUT2D eigenvalue weighted by atomic mass is 9.55. The van der Waals surface area contributed by atoms with Gasteiger partial charge in [-0.05, 0) is 126 Å². The van der Waals surface area contributed by atoms with Crippen LogP contribution < -0.4 is 0 Å². The van der Waals surface area contributed by atoms with Gasteiger partial charge in [0.05, 0.1) is 29.0 Å². The third-order valence-corrected chi connectivity index (χ3v) is 11.7. The quantitative estimate of drug-likeness (QED) is 0.228. The van der Waals surface area contributed by atoms with E-state index in [1.165, 1.54) is 0 Å². The average Bonchev–Trinajstić information content (AvgIpc) is 2.99. The van der Waals surface area contributed by atoms with Crippen molar-refractivity contribution < 1.29 is 30.2 Å². The molecule has 4 fully saturated rings. The van der Waals surface area contributed by atoms with Crippen molar-refractivity contribution in [3.05, 3.63) is 12.2 Å². The smallest absolute Gasteiger partial charge is 0.114 e. The molecule has 1 aliphatic heterocycles. The van der Waals surface area contributed by atoms with Crippen LogP contribution in [0.5, 0.6) is 0 Å². The fourth-order valence-electron chi connectivity index (χ4n) is 9.19. The Bertz CT molecular complexity index is 831. The van der Waals surface area contributed by atoms with Gasteiger partial charge >= 0.3 is 0 Å². The van der Waals surface area contributed by atoms with E-state index < -0.39 is 29.0 Å². The monoisotopic (exact) mass is 508 g/mol. The molecule has 0 spiro atoms. The molecule has 0 aromatic rings. The van der Waals surface area contributed by atoms with Crippen molar-refractivity contribution in [2.24, 2.45) is 34.5 Å². The van der Waals surface area contributed by atoms with E-state index in [0.717, 1.165) is 44.1 Å². The van der Waals surface area contributed by atoms with E-state index in [4.69, 9.17) is 9.62 Å². The summed E-state index contributed by atoms with van der Waals surface area (Å²) < 4.78 is 6.57. The molecule has 6 heteroatoms. The summed E-state index contributed by atoms with van der Waals surface area (Å²) in [5, 5.41) is 43.5. The first-order chi connectivity index (χ1) is 16.5. The number of rotatable bonds is 4. The molecular formula is C30H52O6. The number of hydrogen-bond acceptors (Lipinski definition) is 6. The van der Waals surface area contributed by atoms with Gasteiger partial charge in [0.15, 0.2) is 0 Å². The summed E-state index contributed by atoms with van der Waals surface area (Å²) in [5.74, 6) is 0.451. The van der Waals surface area contributed by atoms with Crippen molar-refractivity contribution in [1.82, 2.24) is 0 Å². The topological polar surface area (TPSA) is 99.4 Å². The number of aliphatic hydroxyl groups is 3. The molecule has 3 aliphatic carbocycles. The molecule has 0 aromatic heterocycles. The van der Waals surface area contributed by atoms with Crippen molar-refractivity contribution in [1.29, 1.82) is 0 Å². The van der Waals surface area contributed by atoms with E-state index in [2.05, 4.69) is 27.4 Å². The Labute approximate surface area is 218 Å². The van der Waals surface area contributed by atoms with Crippen LogP contribution in [0.4, 0.5) is 0 Å². The zero-order valence-corrected chi connectivity index (χ0v) is 23.7. The van der Waals surface area contributed by atoms with Gasteiger partial charge in [-0.1, -0.05) is 27.4 Å². The molecule has 0 aromatic carbocycles. The summed E-state index contributed by atoms with van der Waals surface area (Å²) in [6.07, 6.45) is 5.82. The van der Waals surface area contributed by atoms with Crippen LogP contribution in [0.15, 0.2) is 12.2 Å². The highest BCUT2D eigenvalue weighted by atomic mass is 17.1. The second-order valence-corrected chi connectivity index (χ2v) is 14.7. The van der Waals surface area contributed by atoms with Gasteiger partial charge in [-0.2, -0.15) is 0 Å². The van der Waals surface area contributed by atoms with Crippen LogP contribution in [0.3, 0.4) is 0 Å². The van der Waals surface area contributed by atoms with Gasteiger partial charge in [0, 0.05) is 0 Å². The zero-order chi connectivity index (χ0) is 26.9. The van der Waals surface area contributed by atoms with E-state index in [0.29, 0.717) is 25.2 Å². The molecule has 6 nitrogen and oxygen atoms in total. The summed E-state index contributed by atoms with van der Waals surface area (Å²) in [6, 6.07) is 0. The fourth-order valence-corrected chi connectivity index (χ4v) is 9.19. The Balaban J connectivity index is 1.63. The molecule has 1 heterocycles. The molecule has 4 N–H and O–H groups in total. The standard InChI is InChI=1S/C30H52O6/c1-18-19(26(2,3)20-11-15-29(7,32)21(20)17-22(18)36-34)9-10-23-28(6)14-12-24(31)27(4,5)35-25(28)13-16-30(23,8)33/h19-25,31-34H,1,9-17H2,2-8H3. The Morgan fingerprint density at radius 2 is 1.53 bits per heavy atom. The Morgan fingerprint density at radius 3 is 2.17 bits per heavy atom. The van der Waals surface area contributed by atoms with Crippen molar-refractivity contribution in [3.63, 3.8) is 0 Å². The highest BCUT2D eigenvalue weighted by molar-refractivity contribution is 5.19. The lowest BCUT2D eigenvalue weighted by Crippen LogP contribution is -2.56. The van der Waals surface area contributed by atoms with Gasteiger partial charge in [-0.15, -0.1) is 0 Å². The Kier molecular flexibility index (Phi) is 7.37. The first-order valence-electron chi connectivity index (χ1n) is 14.3. The van der Waals surface area contributed by atoms with E-state index in [-0.39, 0.29) is 34.7 Å². The molecule has 36 heavy (non-hydrogen) atoms. The third kappa shape index (κ3) is 4.62. The number of hydrogen-bond donors (Lipinski definition) is 4. The SMILES string of the molecule is C=C1C(OO)CC2C(CCC2(C)O)C(C)(C)C1CCC1C(C)(O)CCC2OC(C)(C)C(O)CCC21C. The maximum absolute atomic E-state index is 11.7. The summed E-state index contributed by atoms with van der Waals surface area (Å²) >= 11 is 0. The van der Waals surface area contributed by atoms with Crippen LogP contribution in [0, 0.1) is 34.5 Å². The van der Waals surface area contributed by atoms with Crippen LogP contribution >= 0.6 is 0 Å². The lowest BCUT2D eigenvalue weighted by molar-refractivity contribution is -0.274. The molecule has 208 valence electrons. The summed E-state index contributed by atoms with van der Waals surface area (Å²) in [7, 11) is 0. The molecule has 4 rings (SSSR count). The zero-order valence-electron chi connectivity index (χ0n) is 23.7. The van der Waals surface area contributed by atoms with Crippen LogP contribution in [-0.2, 0) is 9.62 Å². The molecule has 10 atom stereocenters. The van der Waals surface area contributed by atoms with Crippen LogP contribution in [0.2, 0.25) is 0 Å². The third-order valence-electron chi connectivity index (χ3n) is 11.7. The summed E-state index contributed by atoms with van der Waals surface area (Å²) in [6.45, 7) is 19.1. The molecule has 4 aliphatic rings. The van der Waals surface area contributed by atoms with Crippen molar-refractivity contribution in [3.8, 4) is 0 Å². The van der Waals surface area contributed by atoms with Crippen LogP contribution in [-0.4, -0.2) is 55.7 Å². The average molecular weight is 509 g/mol. The minimum absolute atomic E-state index is 0.00711. The van der Waals surface area contributed by atoms with Gasteiger partial charge in [-0.25, -0.2) is 4.89 Å². The van der Waals surface area contributed by atoms with Gasteiger partial charge in [0.1, 0.15) is 6.10 Å². The molecular weight excluding hydrogens is 456 g/mol. The van der Waals surface area contributed by atoms with Crippen LogP contribution in [0.1, 0.15) is 106 Å². The maximum atomic E-state index is 11.7. The highest BCUT2D eigenvalue weighted by Crippen LogP contribution is 2.60. The molecule has 0 radical (unpaired) electrons. The van der Waals surface area contributed by atoms with E-state index >= 15 is 0 Å². The maximum Gasteiger partial charge on any atom is 0.114 e. The molecule has 3 saturated carbocycles. The summed E-state index contributed by atoms with van der Waals surface area (Å²) in [5.41, 5.74) is -1.68. The number of ether oxygens (including phenoxy) is 1. The predicted octanol–water partition coefficient (Wildman–Crippen LogP) is 5.49. The summed E-state index contributed by atoms with van der Waals surface area (Å²) in [4.78, 5) is 4.99. The van der Waals surface area contributed by atoms with Crippen LogP contribution in [0.25, 0.3) is 0 Å². The van der Waals surface area contributed by atoms with Crippen molar-refractivity contribution in [2.45, 2.75) is 141 Å². The Hall–Kier alpha value is -0.500. The van der Waals surface area contributed by atoms with E-state index in [9.17, 15) is 20.6 Å². The number of aliphatic hydroxyl groups excluding tert-OH is 1. The van der Waals surface area contributed by atoms with Crippen molar-refractivity contribution in [2.75, 3.05) is 0 Å². The van der Waals surface area contributed by atoms with Gasteiger partial charge in [0.25, 0.3) is 0 Å². The van der Waals surface area contributed by atoms with E-state index in [1.54, 1.807) is 0 Å². The second-order valence-electron chi connectivity index (χ2n) is 14.7. The van der Waals surface area contributed by atoms with Crippen molar-refractivity contribution >= 4 is 0 Å². The lowest BCUT2D eigenvalue weighted by Gasteiger charge is -2.54. The Morgan fingerprint density at radius 1 is 0.889 bits per heavy atom. The predicted molar refractivity (Wildman–Crippen MR) is 140 cm³/mol. The molecule has 0 amide bonds. The first-order valence-corrected chi connectivity index (χ1v) is 14.3. The fraction of sp³-hybridized carbons (Fsp3) is 0.933. The van der Waals surface area contributed by atoms with Gasteiger partial charge < -0.3 is 20.1 Å². The minimum atomic E-state index is -0.823. The second kappa shape index (κ2) is 9.31.